The lowest BCUT2D eigenvalue weighted by Crippen LogP contribution is -2.13. The average Bonchev–Trinajstić information content (AvgIpc) is 2.39. The molecule has 0 amide bonds. The van der Waals surface area contributed by atoms with Gasteiger partial charge in [-0.05, 0) is 12.1 Å². The molecule has 1 aromatic carbocycles. The summed E-state index contributed by atoms with van der Waals surface area (Å²) < 4.78 is 17.7. The van der Waals surface area contributed by atoms with E-state index in [9.17, 15) is 14.0 Å². The van der Waals surface area contributed by atoms with Gasteiger partial charge in [-0.1, -0.05) is 6.07 Å². The minimum Gasteiger partial charge on any atom is -0.476 e. The average molecular weight is 262 g/mol. The van der Waals surface area contributed by atoms with Crippen LogP contribution in [0.15, 0.2) is 36.7 Å². The van der Waals surface area contributed by atoms with Crippen molar-refractivity contribution in [1.82, 2.24) is 9.97 Å². The predicted octanol–water partition coefficient (Wildman–Crippen LogP) is 1.53. The molecule has 0 saturated carbocycles. The number of ether oxygens (including phenoxy) is 1. The van der Waals surface area contributed by atoms with E-state index in [2.05, 4.69) is 9.97 Å². The smallest absolute Gasteiger partial charge is 0.363 e. The summed E-state index contributed by atoms with van der Waals surface area (Å²) in [7, 11) is 0. The number of carboxylic acids is 1. The molecule has 1 aromatic heterocycles. The van der Waals surface area contributed by atoms with Crippen molar-refractivity contribution in [2.24, 2.45) is 0 Å². The van der Waals surface area contributed by atoms with Crippen molar-refractivity contribution in [1.29, 1.82) is 0 Å². The number of hydrogen-bond acceptors (Lipinski definition) is 5. The van der Waals surface area contributed by atoms with Crippen LogP contribution in [0, 0.1) is 5.82 Å². The van der Waals surface area contributed by atoms with Crippen LogP contribution in [-0.4, -0.2) is 27.0 Å². The molecule has 0 fully saturated rings. The number of aromatic nitrogens is 2. The number of esters is 1. The topological polar surface area (TPSA) is 89.4 Å². The van der Waals surface area contributed by atoms with E-state index in [0.717, 1.165) is 18.5 Å². The number of carbonyl (C=O) groups is 2. The molecule has 0 aliphatic heterocycles. The van der Waals surface area contributed by atoms with E-state index in [1.165, 1.54) is 18.2 Å². The molecule has 0 aliphatic carbocycles. The molecule has 2 aromatic rings. The Kier molecular flexibility index (Phi) is 3.46. The van der Waals surface area contributed by atoms with Gasteiger partial charge in [0.25, 0.3) is 0 Å². The van der Waals surface area contributed by atoms with Crippen LogP contribution in [0.5, 0.6) is 5.75 Å². The summed E-state index contributed by atoms with van der Waals surface area (Å²) in [5.74, 6) is -2.79. The first kappa shape index (κ1) is 12.6. The highest BCUT2D eigenvalue weighted by Gasteiger charge is 2.14. The highest BCUT2D eigenvalue weighted by Crippen LogP contribution is 2.13. The first-order chi connectivity index (χ1) is 9.06. The van der Waals surface area contributed by atoms with E-state index in [4.69, 9.17) is 9.84 Å². The van der Waals surface area contributed by atoms with Gasteiger partial charge in [0.15, 0.2) is 11.4 Å². The molecule has 0 bridgehead atoms. The van der Waals surface area contributed by atoms with Crippen molar-refractivity contribution in [2.45, 2.75) is 0 Å². The largest absolute Gasteiger partial charge is 0.476 e. The molecule has 96 valence electrons. The molecule has 1 heterocycles. The fourth-order valence-corrected chi connectivity index (χ4v) is 1.26. The molecule has 7 heteroatoms. The van der Waals surface area contributed by atoms with Crippen molar-refractivity contribution in [3.8, 4) is 5.75 Å². The molecule has 6 nitrogen and oxygen atoms in total. The van der Waals surface area contributed by atoms with E-state index in [0.29, 0.717) is 0 Å². The maximum atomic E-state index is 12.9. The minimum atomic E-state index is -1.31. The number of carboxylic acid groups (broad SMARTS) is 1. The highest BCUT2D eigenvalue weighted by molar-refractivity contribution is 5.91. The minimum absolute atomic E-state index is 0.00692. The molecule has 0 unspecified atom stereocenters. The summed E-state index contributed by atoms with van der Waals surface area (Å²) in [6, 6.07) is 4.97. The third-order valence-corrected chi connectivity index (χ3v) is 2.07. The van der Waals surface area contributed by atoms with Crippen LogP contribution in [0.25, 0.3) is 0 Å². The molecule has 1 N–H and O–H groups in total. The Balaban J connectivity index is 2.20. The highest BCUT2D eigenvalue weighted by atomic mass is 19.1. The molecular weight excluding hydrogens is 255 g/mol. The monoisotopic (exact) mass is 262 g/mol. The molecule has 19 heavy (non-hydrogen) atoms. The number of aromatic carboxylic acids is 1. The van der Waals surface area contributed by atoms with E-state index in [1.807, 2.05) is 0 Å². The second kappa shape index (κ2) is 5.21. The number of halogens is 1. The summed E-state index contributed by atoms with van der Waals surface area (Å²) in [5.41, 5.74) is -0.655. The fourth-order valence-electron chi connectivity index (χ4n) is 1.26. The maximum Gasteiger partial charge on any atom is 0.363 e. The van der Waals surface area contributed by atoms with Gasteiger partial charge in [0.1, 0.15) is 11.6 Å². The number of rotatable bonds is 3. The SMILES string of the molecule is O=C(O)c1cncc(C(=O)Oc2cccc(F)c2)n1. The second-order valence-electron chi connectivity index (χ2n) is 3.44. The summed E-state index contributed by atoms with van der Waals surface area (Å²) in [6.07, 6.45) is 2.06. The van der Waals surface area contributed by atoms with Crippen molar-refractivity contribution < 1.29 is 23.8 Å². The van der Waals surface area contributed by atoms with Crippen molar-refractivity contribution in [3.05, 3.63) is 53.9 Å². The third kappa shape index (κ3) is 3.09. The zero-order valence-electron chi connectivity index (χ0n) is 9.41. The lowest BCUT2D eigenvalue weighted by molar-refractivity contribution is 0.0689. The summed E-state index contributed by atoms with van der Waals surface area (Å²) in [6.45, 7) is 0. The van der Waals surface area contributed by atoms with Gasteiger partial charge < -0.3 is 9.84 Å². The van der Waals surface area contributed by atoms with Gasteiger partial charge in [0.2, 0.25) is 0 Å². The number of carbonyl (C=O) groups excluding carboxylic acids is 1. The molecule has 0 radical (unpaired) electrons. The van der Waals surface area contributed by atoms with Gasteiger partial charge in [-0.25, -0.2) is 19.0 Å². The Morgan fingerprint density at radius 2 is 1.95 bits per heavy atom. The Bertz CT molecular complexity index is 645. The van der Waals surface area contributed by atoms with Crippen LogP contribution in [0.1, 0.15) is 21.0 Å². The van der Waals surface area contributed by atoms with Gasteiger partial charge in [-0.15, -0.1) is 0 Å². The van der Waals surface area contributed by atoms with Crippen LogP contribution in [0.3, 0.4) is 0 Å². The summed E-state index contributed by atoms with van der Waals surface area (Å²) in [4.78, 5) is 29.5. The summed E-state index contributed by atoms with van der Waals surface area (Å²) >= 11 is 0. The Morgan fingerprint density at radius 1 is 1.21 bits per heavy atom. The number of hydrogen-bond donors (Lipinski definition) is 1. The zero-order valence-corrected chi connectivity index (χ0v) is 9.41. The van der Waals surface area contributed by atoms with Gasteiger partial charge in [0, 0.05) is 6.07 Å². The number of nitrogens with zero attached hydrogens (tertiary/aromatic N) is 2. The van der Waals surface area contributed by atoms with E-state index < -0.39 is 17.8 Å². The zero-order chi connectivity index (χ0) is 13.8. The van der Waals surface area contributed by atoms with Gasteiger partial charge >= 0.3 is 11.9 Å². The van der Waals surface area contributed by atoms with Crippen LogP contribution in [-0.2, 0) is 0 Å². The van der Waals surface area contributed by atoms with Crippen molar-refractivity contribution >= 4 is 11.9 Å². The lowest BCUT2D eigenvalue weighted by Gasteiger charge is -2.03. The van der Waals surface area contributed by atoms with E-state index >= 15 is 0 Å². The Hall–Kier alpha value is -2.83. The standard InChI is InChI=1S/C12H7FN2O4/c13-7-2-1-3-8(4-7)19-12(18)10-6-14-5-9(15-10)11(16)17/h1-6H,(H,16,17). The van der Waals surface area contributed by atoms with E-state index in [-0.39, 0.29) is 17.1 Å². The molecule has 0 spiro atoms. The van der Waals surface area contributed by atoms with Crippen LogP contribution >= 0.6 is 0 Å². The first-order valence-electron chi connectivity index (χ1n) is 5.09. The molecule has 0 saturated heterocycles. The fraction of sp³-hybridized carbons (Fsp3) is 0. The lowest BCUT2D eigenvalue weighted by atomic mass is 10.3. The molecule has 2 rings (SSSR count). The normalized spacial score (nSPS) is 9.95. The Labute approximate surface area is 106 Å². The van der Waals surface area contributed by atoms with E-state index in [1.54, 1.807) is 0 Å². The van der Waals surface area contributed by atoms with Crippen LogP contribution in [0.2, 0.25) is 0 Å². The molecule has 0 aliphatic rings. The Morgan fingerprint density at radius 3 is 2.63 bits per heavy atom. The third-order valence-electron chi connectivity index (χ3n) is 2.07. The predicted molar refractivity (Wildman–Crippen MR) is 60.3 cm³/mol. The van der Waals surface area contributed by atoms with Gasteiger partial charge in [-0.3, -0.25) is 4.98 Å². The van der Waals surface area contributed by atoms with Crippen LogP contribution < -0.4 is 4.74 Å². The van der Waals surface area contributed by atoms with Crippen molar-refractivity contribution in [2.75, 3.05) is 0 Å². The van der Waals surface area contributed by atoms with Crippen LogP contribution in [0.4, 0.5) is 4.39 Å². The summed E-state index contributed by atoms with van der Waals surface area (Å²) in [5, 5.41) is 8.71. The van der Waals surface area contributed by atoms with Gasteiger partial charge in [-0.2, -0.15) is 0 Å². The first-order valence-corrected chi connectivity index (χ1v) is 5.09. The molecule has 0 atom stereocenters. The van der Waals surface area contributed by atoms with Gasteiger partial charge in [0.05, 0.1) is 12.4 Å². The maximum absolute atomic E-state index is 12.9. The van der Waals surface area contributed by atoms with Crippen molar-refractivity contribution in [3.63, 3.8) is 0 Å². The number of benzene rings is 1. The second-order valence-corrected chi connectivity index (χ2v) is 3.44. The quantitative estimate of drug-likeness (QED) is 0.666. The molecular formula is C12H7FN2O4.